The van der Waals surface area contributed by atoms with Gasteiger partial charge in [-0.05, 0) is 37.6 Å². The summed E-state index contributed by atoms with van der Waals surface area (Å²) in [5.41, 5.74) is 1.46. The summed E-state index contributed by atoms with van der Waals surface area (Å²) < 4.78 is 28.4. The van der Waals surface area contributed by atoms with Gasteiger partial charge < -0.3 is 10.3 Å². The maximum Gasteiger partial charge on any atom is 0.273 e. The highest BCUT2D eigenvalue weighted by atomic mass is 19.3. The fourth-order valence-electron chi connectivity index (χ4n) is 2.53. The normalized spacial score (nSPS) is 20.7. The highest BCUT2D eigenvalue weighted by Gasteiger charge is 2.35. The lowest BCUT2D eigenvalue weighted by Gasteiger charge is -2.20. The van der Waals surface area contributed by atoms with Crippen molar-refractivity contribution in [1.82, 2.24) is 15.3 Å². The van der Waals surface area contributed by atoms with Gasteiger partial charge in [0, 0.05) is 12.0 Å². The summed E-state index contributed by atoms with van der Waals surface area (Å²) in [4.78, 5) is 6.90. The number of H-pyrrole nitrogens is 1. The SMILES string of the molecule is FC(F)(CC1CCNC1)c1ccc2nc[nH]c2c1. The average molecular weight is 251 g/mol. The number of hydrogen-bond donors (Lipinski definition) is 2. The first-order valence-electron chi connectivity index (χ1n) is 6.17. The highest BCUT2D eigenvalue weighted by molar-refractivity contribution is 5.75. The summed E-state index contributed by atoms with van der Waals surface area (Å²) in [7, 11) is 0. The van der Waals surface area contributed by atoms with Crippen LogP contribution in [0.3, 0.4) is 0 Å². The Morgan fingerprint density at radius 1 is 1.39 bits per heavy atom. The number of rotatable bonds is 3. The second-order valence-electron chi connectivity index (χ2n) is 4.90. The Hall–Kier alpha value is -1.49. The molecule has 96 valence electrons. The molecule has 1 unspecified atom stereocenters. The molecule has 0 saturated carbocycles. The molecule has 3 rings (SSSR count). The van der Waals surface area contributed by atoms with Crippen LogP contribution in [0.4, 0.5) is 8.78 Å². The van der Waals surface area contributed by atoms with Crippen molar-refractivity contribution in [3.05, 3.63) is 30.1 Å². The summed E-state index contributed by atoms with van der Waals surface area (Å²) >= 11 is 0. The molecule has 1 fully saturated rings. The first-order chi connectivity index (χ1) is 8.65. The third-order valence-electron chi connectivity index (χ3n) is 3.55. The molecule has 2 aromatic rings. The number of nitrogens with zero attached hydrogens (tertiary/aromatic N) is 1. The van der Waals surface area contributed by atoms with Crippen LogP contribution < -0.4 is 5.32 Å². The number of aromatic nitrogens is 2. The predicted octanol–water partition coefficient (Wildman–Crippen LogP) is 2.65. The van der Waals surface area contributed by atoms with E-state index >= 15 is 0 Å². The second-order valence-corrected chi connectivity index (χ2v) is 4.90. The van der Waals surface area contributed by atoms with Gasteiger partial charge in [-0.3, -0.25) is 0 Å². The van der Waals surface area contributed by atoms with Gasteiger partial charge in [0.25, 0.3) is 5.92 Å². The average Bonchev–Trinajstić information content (AvgIpc) is 2.97. The number of nitrogens with one attached hydrogen (secondary N) is 2. The first-order valence-corrected chi connectivity index (χ1v) is 6.17. The molecule has 18 heavy (non-hydrogen) atoms. The predicted molar refractivity (Wildman–Crippen MR) is 65.6 cm³/mol. The molecule has 0 bridgehead atoms. The van der Waals surface area contributed by atoms with Crippen LogP contribution in [0.25, 0.3) is 11.0 Å². The van der Waals surface area contributed by atoms with Gasteiger partial charge in [0.1, 0.15) is 0 Å². The molecular weight excluding hydrogens is 236 g/mol. The Labute approximate surface area is 104 Å². The molecule has 0 aliphatic carbocycles. The number of alkyl halides is 2. The summed E-state index contributed by atoms with van der Waals surface area (Å²) in [5, 5.41) is 3.12. The van der Waals surface area contributed by atoms with Crippen molar-refractivity contribution in [2.75, 3.05) is 13.1 Å². The standard InChI is InChI=1S/C13H15F2N3/c14-13(15,6-9-3-4-16-7-9)10-1-2-11-12(5-10)18-8-17-11/h1-2,5,8-9,16H,3-4,6-7H2,(H,17,18). The molecule has 2 N–H and O–H groups in total. The van der Waals surface area contributed by atoms with Gasteiger partial charge in [-0.15, -0.1) is 0 Å². The number of hydrogen-bond acceptors (Lipinski definition) is 2. The molecule has 2 heterocycles. The topological polar surface area (TPSA) is 40.7 Å². The van der Waals surface area contributed by atoms with E-state index in [-0.39, 0.29) is 17.9 Å². The molecule has 1 aromatic heterocycles. The smallest absolute Gasteiger partial charge is 0.273 e. The van der Waals surface area contributed by atoms with E-state index in [1.165, 1.54) is 18.5 Å². The van der Waals surface area contributed by atoms with Crippen LogP contribution in [-0.4, -0.2) is 23.1 Å². The van der Waals surface area contributed by atoms with E-state index in [0.29, 0.717) is 12.1 Å². The number of aromatic amines is 1. The number of halogens is 2. The van der Waals surface area contributed by atoms with E-state index in [9.17, 15) is 8.78 Å². The van der Waals surface area contributed by atoms with Gasteiger partial charge >= 0.3 is 0 Å². The molecule has 0 spiro atoms. The Morgan fingerprint density at radius 3 is 3.06 bits per heavy atom. The van der Waals surface area contributed by atoms with Crippen molar-refractivity contribution in [3.63, 3.8) is 0 Å². The molecule has 1 aliphatic rings. The van der Waals surface area contributed by atoms with E-state index in [1.807, 2.05) is 0 Å². The molecule has 5 heteroatoms. The summed E-state index contributed by atoms with van der Waals surface area (Å²) in [5.74, 6) is -2.70. The molecule has 1 aromatic carbocycles. The van der Waals surface area contributed by atoms with Crippen LogP contribution in [0.2, 0.25) is 0 Å². The van der Waals surface area contributed by atoms with Crippen molar-refractivity contribution in [2.24, 2.45) is 5.92 Å². The van der Waals surface area contributed by atoms with Gasteiger partial charge in [-0.25, -0.2) is 13.8 Å². The maximum absolute atomic E-state index is 14.2. The van der Waals surface area contributed by atoms with Crippen LogP contribution in [0, 0.1) is 5.92 Å². The molecule has 0 radical (unpaired) electrons. The van der Waals surface area contributed by atoms with Gasteiger partial charge in [0.05, 0.1) is 17.4 Å². The van der Waals surface area contributed by atoms with Crippen molar-refractivity contribution in [2.45, 2.75) is 18.8 Å². The van der Waals surface area contributed by atoms with Crippen molar-refractivity contribution < 1.29 is 8.78 Å². The third kappa shape index (κ3) is 2.10. The minimum absolute atomic E-state index is 0.0671. The molecular formula is C13H15F2N3. The molecule has 1 aliphatic heterocycles. The number of imidazole rings is 1. The van der Waals surface area contributed by atoms with Crippen LogP contribution in [0.5, 0.6) is 0 Å². The van der Waals surface area contributed by atoms with Gasteiger partial charge in [0.2, 0.25) is 0 Å². The molecule has 1 atom stereocenters. The molecule has 1 saturated heterocycles. The van der Waals surface area contributed by atoms with Gasteiger partial charge in [-0.1, -0.05) is 6.07 Å². The zero-order valence-corrected chi connectivity index (χ0v) is 9.92. The largest absolute Gasteiger partial charge is 0.345 e. The zero-order valence-electron chi connectivity index (χ0n) is 9.92. The second kappa shape index (κ2) is 4.31. The lowest BCUT2D eigenvalue weighted by molar-refractivity contribution is -0.0267. The Morgan fingerprint density at radius 2 is 2.28 bits per heavy atom. The fraction of sp³-hybridized carbons (Fsp3) is 0.462. The Balaban J connectivity index is 1.86. The van der Waals surface area contributed by atoms with Crippen LogP contribution >= 0.6 is 0 Å². The van der Waals surface area contributed by atoms with Gasteiger partial charge in [-0.2, -0.15) is 0 Å². The van der Waals surface area contributed by atoms with Crippen LogP contribution in [-0.2, 0) is 5.92 Å². The maximum atomic E-state index is 14.2. The summed E-state index contributed by atoms with van der Waals surface area (Å²) in [6, 6.07) is 4.62. The van der Waals surface area contributed by atoms with E-state index in [0.717, 1.165) is 18.5 Å². The summed E-state index contributed by atoms with van der Waals surface area (Å²) in [6.45, 7) is 1.54. The van der Waals surface area contributed by atoms with E-state index in [4.69, 9.17) is 0 Å². The van der Waals surface area contributed by atoms with Crippen LogP contribution in [0.1, 0.15) is 18.4 Å². The quantitative estimate of drug-likeness (QED) is 0.880. The van der Waals surface area contributed by atoms with Crippen LogP contribution in [0.15, 0.2) is 24.5 Å². The van der Waals surface area contributed by atoms with Crippen molar-refractivity contribution in [1.29, 1.82) is 0 Å². The molecule has 0 amide bonds. The minimum Gasteiger partial charge on any atom is -0.345 e. The van der Waals surface area contributed by atoms with Crippen molar-refractivity contribution >= 4 is 11.0 Å². The lowest BCUT2D eigenvalue weighted by Crippen LogP contribution is -2.20. The summed E-state index contributed by atoms with van der Waals surface area (Å²) in [6.07, 6.45) is 2.27. The minimum atomic E-state index is -2.77. The Kier molecular flexibility index (Phi) is 2.78. The van der Waals surface area contributed by atoms with E-state index in [1.54, 1.807) is 6.07 Å². The fourth-order valence-corrected chi connectivity index (χ4v) is 2.53. The zero-order chi connectivity index (χ0) is 12.6. The first kappa shape index (κ1) is 11.6. The highest BCUT2D eigenvalue weighted by Crippen LogP contribution is 2.37. The molecule has 3 nitrogen and oxygen atoms in total. The number of benzene rings is 1. The lowest BCUT2D eigenvalue weighted by atomic mass is 9.95. The Bertz CT molecular complexity index is 544. The number of fused-ring (bicyclic) bond motifs is 1. The van der Waals surface area contributed by atoms with Gasteiger partial charge in [0.15, 0.2) is 0 Å². The third-order valence-corrected chi connectivity index (χ3v) is 3.55. The van der Waals surface area contributed by atoms with Crippen molar-refractivity contribution in [3.8, 4) is 0 Å². The van der Waals surface area contributed by atoms with E-state index < -0.39 is 5.92 Å². The monoisotopic (exact) mass is 251 g/mol. The van der Waals surface area contributed by atoms with E-state index in [2.05, 4.69) is 15.3 Å².